The number of hydrogen-bond donors (Lipinski definition) is 3. The van der Waals surface area contributed by atoms with Crippen molar-refractivity contribution in [2.75, 3.05) is 40.4 Å². The zero-order valence-electron chi connectivity index (χ0n) is 19.9. The molecule has 1 heterocycles. The quantitative estimate of drug-likeness (QED) is 0.218. The number of aromatic nitrogens is 2. The van der Waals surface area contributed by atoms with E-state index >= 15 is 0 Å². The molecule has 0 saturated heterocycles. The van der Waals surface area contributed by atoms with Gasteiger partial charge in [-0.05, 0) is 54.6 Å². The SMILES string of the molecule is CCC(=O)Nc1cccc(-c2nc3ccc(C(=O)Nc4ccc(N(CCCl)CCCl)cc4)cc3[nH]2)c1. The average molecular weight is 524 g/mol. The van der Waals surface area contributed by atoms with Crippen molar-refractivity contribution in [3.05, 3.63) is 72.3 Å². The maximum atomic E-state index is 12.9. The van der Waals surface area contributed by atoms with Gasteiger partial charge in [0.1, 0.15) is 5.82 Å². The Morgan fingerprint density at radius 1 is 0.917 bits per heavy atom. The summed E-state index contributed by atoms with van der Waals surface area (Å²) in [6.45, 7) is 3.20. The van der Waals surface area contributed by atoms with Crippen molar-refractivity contribution in [2.24, 2.45) is 0 Å². The second-order valence-corrected chi connectivity index (χ2v) is 8.92. The van der Waals surface area contributed by atoms with Crippen LogP contribution in [0.3, 0.4) is 0 Å². The van der Waals surface area contributed by atoms with Crippen LogP contribution in [0.1, 0.15) is 23.7 Å². The molecule has 0 saturated carbocycles. The number of nitrogens with zero attached hydrogens (tertiary/aromatic N) is 2. The van der Waals surface area contributed by atoms with E-state index in [2.05, 4.69) is 25.5 Å². The molecule has 36 heavy (non-hydrogen) atoms. The summed E-state index contributed by atoms with van der Waals surface area (Å²) in [5.74, 6) is 1.40. The van der Waals surface area contributed by atoms with Gasteiger partial charge in [-0.1, -0.05) is 19.1 Å². The van der Waals surface area contributed by atoms with Crippen LogP contribution in [-0.4, -0.2) is 46.6 Å². The fraction of sp³-hybridized carbons (Fsp3) is 0.222. The number of nitrogens with one attached hydrogen (secondary N) is 3. The van der Waals surface area contributed by atoms with Crippen molar-refractivity contribution in [2.45, 2.75) is 13.3 Å². The molecule has 0 atom stereocenters. The summed E-state index contributed by atoms with van der Waals surface area (Å²) in [6, 6.07) is 20.4. The number of carbonyl (C=O) groups excluding carboxylic acids is 2. The fourth-order valence-electron chi connectivity index (χ4n) is 3.81. The summed E-state index contributed by atoms with van der Waals surface area (Å²) < 4.78 is 0. The lowest BCUT2D eigenvalue weighted by Gasteiger charge is -2.23. The van der Waals surface area contributed by atoms with Gasteiger partial charge in [-0.25, -0.2) is 4.98 Å². The van der Waals surface area contributed by atoms with Gasteiger partial charge in [-0.2, -0.15) is 0 Å². The Bertz CT molecular complexity index is 1350. The number of alkyl halides is 2. The number of amides is 2. The maximum Gasteiger partial charge on any atom is 0.255 e. The van der Waals surface area contributed by atoms with E-state index < -0.39 is 0 Å². The summed E-state index contributed by atoms with van der Waals surface area (Å²) in [5, 5.41) is 5.80. The molecule has 0 radical (unpaired) electrons. The molecule has 186 valence electrons. The summed E-state index contributed by atoms with van der Waals surface area (Å²) in [6.07, 6.45) is 0.407. The van der Waals surface area contributed by atoms with E-state index in [1.54, 1.807) is 19.1 Å². The maximum absolute atomic E-state index is 12.9. The number of halogens is 2. The molecular weight excluding hydrogens is 497 g/mol. The van der Waals surface area contributed by atoms with E-state index in [0.29, 0.717) is 54.0 Å². The van der Waals surface area contributed by atoms with Crippen LogP contribution >= 0.6 is 23.2 Å². The lowest BCUT2D eigenvalue weighted by molar-refractivity contribution is -0.115. The predicted octanol–water partition coefficient (Wildman–Crippen LogP) is 6.11. The molecule has 4 aromatic rings. The molecule has 9 heteroatoms. The third-order valence-corrected chi connectivity index (χ3v) is 6.02. The molecule has 0 aliphatic rings. The first kappa shape index (κ1) is 25.5. The second kappa shape index (κ2) is 11.9. The van der Waals surface area contributed by atoms with Crippen LogP contribution in [0.5, 0.6) is 0 Å². The van der Waals surface area contributed by atoms with Crippen LogP contribution in [0.2, 0.25) is 0 Å². The van der Waals surface area contributed by atoms with Crippen LogP contribution in [0.25, 0.3) is 22.4 Å². The summed E-state index contributed by atoms with van der Waals surface area (Å²) in [4.78, 5) is 34.6. The second-order valence-electron chi connectivity index (χ2n) is 8.17. The van der Waals surface area contributed by atoms with Crippen LogP contribution in [0, 0.1) is 0 Å². The molecule has 3 aromatic carbocycles. The third kappa shape index (κ3) is 6.17. The normalized spacial score (nSPS) is 10.9. The number of imidazole rings is 1. The van der Waals surface area contributed by atoms with Gasteiger partial charge in [0, 0.05) is 59.5 Å². The first-order chi connectivity index (χ1) is 17.5. The van der Waals surface area contributed by atoms with Crippen LogP contribution in [0.4, 0.5) is 17.1 Å². The first-order valence-electron chi connectivity index (χ1n) is 11.7. The largest absolute Gasteiger partial charge is 0.369 e. The predicted molar refractivity (Wildman–Crippen MR) is 148 cm³/mol. The summed E-state index contributed by atoms with van der Waals surface area (Å²) in [5.41, 5.74) is 5.23. The fourth-order valence-corrected chi connectivity index (χ4v) is 4.22. The van der Waals surface area contributed by atoms with Gasteiger partial charge in [0.2, 0.25) is 5.91 Å². The zero-order valence-corrected chi connectivity index (χ0v) is 21.4. The Balaban J connectivity index is 1.49. The molecule has 0 bridgehead atoms. The molecule has 0 aliphatic heterocycles. The molecule has 4 rings (SSSR count). The van der Waals surface area contributed by atoms with Crippen molar-refractivity contribution in [3.8, 4) is 11.4 Å². The van der Waals surface area contributed by atoms with Crippen LogP contribution in [-0.2, 0) is 4.79 Å². The van der Waals surface area contributed by atoms with Crippen LogP contribution < -0.4 is 15.5 Å². The van der Waals surface area contributed by atoms with E-state index in [0.717, 1.165) is 22.3 Å². The zero-order chi connectivity index (χ0) is 25.5. The Kier molecular flexibility index (Phi) is 8.46. The Morgan fingerprint density at radius 2 is 1.67 bits per heavy atom. The standard InChI is InChI=1S/C27H27Cl2N5O2/c1-2-25(35)30-21-5-3-4-18(16-21)26-32-23-11-6-19(17-24(23)33-26)27(36)31-20-7-9-22(10-8-20)34(14-12-28)15-13-29/h3-11,16-17H,2,12-15H2,1H3,(H,30,35)(H,31,36)(H,32,33). The van der Waals surface area contributed by atoms with E-state index in [9.17, 15) is 9.59 Å². The number of carbonyl (C=O) groups is 2. The number of hydrogen-bond acceptors (Lipinski definition) is 4. The highest BCUT2D eigenvalue weighted by Gasteiger charge is 2.12. The van der Waals surface area contributed by atoms with Gasteiger partial charge < -0.3 is 20.5 Å². The highest BCUT2D eigenvalue weighted by atomic mass is 35.5. The molecule has 1 aromatic heterocycles. The van der Waals surface area contributed by atoms with Crippen molar-refractivity contribution in [1.82, 2.24) is 9.97 Å². The lowest BCUT2D eigenvalue weighted by atomic mass is 10.2. The molecule has 3 N–H and O–H groups in total. The average Bonchev–Trinajstić information content (AvgIpc) is 3.33. The third-order valence-electron chi connectivity index (χ3n) is 5.68. The number of benzene rings is 3. The molecule has 2 amide bonds. The van der Waals surface area contributed by atoms with E-state index in [1.807, 2.05) is 54.6 Å². The molecule has 0 aliphatic carbocycles. The number of H-pyrrole nitrogens is 1. The van der Waals surface area contributed by atoms with Crippen molar-refractivity contribution in [1.29, 1.82) is 0 Å². The smallest absolute Gasteiger partial charge is 0.255 e. The topological polar surface area (TPSA) is 90.1 Å². The molecule has 0 unspecified atom stereocenters. The lowest BCUT2D eigenvalue weighted by Crippen LogP contribution is -2.27. The number of anilines is 3. The van der Waals surface area contributed by atoms with Crippen molar-refractivity contribution in [3.63, 3.8) is 0 Å². The van der Waals surface area contributed by atoms with Gasteiger partial charge in [0.05, 0.1) is 11.0 Å². The highest BCUT2D eigenvalue weighted by Crippen LogP contribution is 2.25. The molecule has 7 nitrogen and oxygen atoms in total. The van der Waals surface area contributed by atoms with Gasteiger partial charge in [-0.15, -0.1) is 23.2 Å². The Morgan fingerprint density at radius 3 is 2.36 bits per heavy atom. The number of aromatic amines is 1. The monoisotopic (exact) mass is 523 g/mol. The number of fused-ring (bicyclic) bond motifs is 1. The molecule has 0 spiro atoms. The molecule has 0 fully saturated rings. The van der Waals surface area contributed by atoms with Crippen molar-refractivity contribution < 1.29 is 9.59 Å². The minimum absolute atomic E-state index is 0.0510. The van der Waals surface area contributed by atoms with Crippen LogP contribution in [0.15, 0.2) is 66.7 Å². The molecular formula is C27H27Cl2N5O2. The first-order valence-corrected chi connectivity index (χ1v) is 12.8. The Hall–Kier alpha value is -3.55. The Labute approximate surface area is 219 Å². The van der Waals surface area contributed by atoms with E-state index in [-0.39, 0.29) is 11.8 Å². The minimum Gasteiger partial charge on any atom is -0.369 e. The van der Waals surface area contributed by atoms with Gasteiger partial charge in [0.25, 0.3) is 5.91 Å². The van der Waals surface area contributed by atoms with Gasteiger partial charge in [0.15, 0.2) is 0 Å². The van der Waals surface area contributed by atoms with E-state index in [4.69, 9.17) is 23.2 Å². The minimum atomic E-state index is -0.219. The van der Waals surface area contributed by atoms with Gasteiger partial charge >= 0.3 is 0 Å². The number of rotatable bonds is 10. The van der Waals surface area contributed by atoms with Gasteiger partial charge in [-0.3, -0.25) is 9.59 Å². The van der Waals surface area contributed by atoms with E-state index in [1.165, 1.54) is 0 Å². The van der Waals surface area contributed by atoms with Crippen molar-refractivity contribution >= 4 is 63.1 Å². The highest BCUT2D eigenvalue weighted by molar-refractivity contribution is 6.18. The summed E-state index contributed by atoms with van der Waals surface area (Å²) in [7, 11) is 0. The summed E-state index contributed by atoms with van der Waals surface area (Å²) >= 11 is 11.8.